The summed E-state index contributed by atoms with van der Waals surface area (Å²) in [5.74, 6) is -0.0391. The van der Waals surface area contributed by atoms with Crippen LogP contribution in [-0.2, 0) is 4.79 Å². The third-order valence-electron chi connectivity index (χ3n) is 2.29. The van der Waals surface area contributed by atoms with Crippen LogP contribution in [0.25, 0.3) is 0 Å². The molecule has 92 valence electrons. The van der Waals surface area contributed by atoms with E-state index in [4.69, 9.17) is 0 Å². The molecule has 1 N–H and O–H groups in total. The van der Waals surface area contributed by atoms with Crippen molar-refractivity contribution in [1.29, 1.82) is 0 Å². The number of carbonyl (C=O) groups is 1. The highest BCUT2D eigenvalue weighted by molar-refractivity contribution is 5.80. The summed E-state index contributed by atoms with van der Waals surface area (Å²) in [5, 5.41) is 13.4. The highest BCUT2D eigenvalue weighted by Crippen LogP contribution is 2.19. The minimum atomic E-state index is -0.538. The average Bonchev–Trinajstić information content (AvgIpc) is 2.35. The standard InChI is InChI=1S/C10H14N4O3/c1-3-13(2)9(15)7-12-10-8(14(16)17)5-4-6-11-10/h4-6H,3,7H2,1-2H3,(H,11,12). The Labute approximate surface area is 98.6 Å². The number of carbonyl (C=O) groups excluding carboxylic acids is 1. The molecule has 0 saturated carbocycles. The van der Waals surface area contributed by atoms with Crippen LogP contribution in [0.3, 0.4) is 0 Å². The quantitative estimate of drug-likeness (QED) is 0.607. The Hall–Kier alpha value is -2.18. The van der Waals surface area contributed by atoms with E-state index in [1.165, 1.54) is 23.2 Å². The third-order valence-corrected chi connectivity index (χ3v) is 2.29. The number of hydrogen-bond donors (Lipinski definition) is 1. The zero-order valence-corrected chi connectivity index (χ0v) is 9.71. The molecule has 1 rings (SSSR count). The minimum absolute atomic E-state index is 0.0117. The monoisotopic (exact) mass is 238 g/mol. The summed E-state index contributed by atoms with van der Waals surface area (Å²) < 4.78 is 0. The first kappa shape index (κ1) is 12.9. The van der Waals surface area contributed by atoms with Gasteiger partial charge in [-0.05, 0) is 13.0 Å². The molecule has 0 unspecified atom stereocenters. The maximum Gasteiger partial charge on any atom is 0.311 e. The molecule has 1 amide bonds. The van der Waals surface area contributed by atoms with Gasteiger partial charge in [0.25, 0.3) is 0 Å². The van der Waals surface area contributed by atoms with Crippen LogP contribution in [0.2, 0.25) is 0 Å². The summed E-state index contributed by atoms with van der Waals surface area (Å²) in [7, 11) is 1.66. The fraction of sp³-hybridized carbons (Fsp3) is 0.400. The van der Waals surface area contributed by atoms with Crippen molar-refractivity contribution in [2.75, 3.05) is 25.5 Å². The van der Waals surface area contributed by atoms with Crippen LogP contribution >= 0.6 is 0 Å². The Morgan fingerprint density at radius 2 is 2.35 bits per heavy atom. The summed E-state index contributed by atoms with van der Waals surface area (Å²) in [4.78, 5) is 27.0. The fourth-order valence-electron chi connectivity index (χ4n) is 1.15. The summed E-state index contributed by atoms with van der Waals surface area (Å²) in [6.07, 6.45) is 1.43. The Morgan fingerprint density at radius 3 is 2.94 bits per heavy atom. The molecule has 0 aliphatic carbocycles. The molecule has 0 bridgehead atoms. The molecule has 17 heavy (non-hydrogen) atoms. The highest BCUT2D eigenvalue weighted by atomic mass is 16.6. The summed E-state index contributed by atoms with van der Waals surface area (Å²) in [6.45, 7) is 2.42. The van der Waals surface area contributed by atoms with Gasteiger partial charge in [0.05, 0.1) is 11.5 Å². The maximum atomic E-state index is 11.5. The lowest BCUT2D eigenvalue weighted by atomic mass is 10.4. The number of anilines is 1. The number of nitrogens with zero attached hydrogens (tertiary/aromatic N) is 3. The Bertz CT molecular complexity index is 422. The molecule has 1 aromatic heterocycles. The van der Waals surface area contributed by atoms with Crippen molar-refractivity contribution in [3.05, 3.63) is 28.4 Å². The molecular weight excluding hydrogens is 224 g/mol. The molecule has 7 nitrogen and oxygen atoms in total. The third kappa shape index (κ3) is 3.40. The summed E-state index contributed by atoms with van der Waals surface area (Å²) in [6, 6.07) is 2.81. The van der Waals surface area contributed by atoms with Crippen LogP contribution in [0.1, 0.15) is 6.92 Å². The smallest absolute Gasteiger partial charge is 0.311 e. The second kappa shape index (κ2) is 5.78. The molecule has 0 aliphatic rings. The largest absolute Gasteiger partial charge is 0.355 e. The molecular formula is C10H14N4O3. The predicted octanol–water partition coefficient (Wildman–Crippen LogP) is 0.880. The normalized spacial score (nSPS) is 9.76. The molecule has 1 heterocycles. The molecule has 7 heteroatoms. The zero-order valence-electron chi connectivity index (χ0n) is 9.71. The molecule has 0 spiro atoms. The van der Waals surface area contributed by atoms with Crippen molar-refractivity contribution in [1.82, 2.24) is 9.88 Å². The molecule has 0 radical (unpaired) electrons. The van der Waals surface area contributed by atoms with E-state index in [1.54, 1.807) is 7.05 Å². The van der Waals surface area contributed by atoms with E-state index in [0.29, 0.717) is 6.54 Å². The molecule has 0 aliphatic heterocycles. The molecule has 0 fully saturated rings. The van der Waals surface area contributed by atoms with Crippen molar-refractivity contribution in [2.45, 2.75) is 6.92 Å². The van der Waals surface area contributed by atoms with Gasteiger partial charge in [-0.15, -0.1) is 0 Å². The van der Waals surface area contributed by atoms with E-state index in [2.05, 4.69) is 10.3 Å². The van der Waals surface area contributed by atoms with Crippen LogP contribution in [0.5, 0.6) is 0 Å². The first-order chi connectivity index (χ1) is 8.06. The Morgan fingerprint density at radius 1 is 1.65 bits per heavy atom. The molecule has 1 aromatic rings. The van der Waals surface area contributed by atoms with E-state index >= 15 is 0 Å². The summed E-state index contributed by atoms with van der Waals surface area (Å²) in [5.41, 5.74) is -0.139. The Balaban J connectivity index is 2.69. The number of rotatable bonds is 5. The van der Waals surface area contributed by atoms with Gasteiger partial charge >= 0.3 is 5.69 Å². The van der Waals surface area contributed by atoms with E-state index < -0.39 is 4.92 Å². The van der Waals surface area contributed by atoms with Gasteiger partial charge in [-0.2, -0.15) is 0 Å². The Kier molecular flexibility index (Phi) is 4.38. The first-order valence-corrected chi connectivity index (χ1v) is 5.13. The number of nitro groups is 1. The van der Waals surface area contributed by atoms with Crippen LogP contribution < -0.4 is 5.32 Å². The van der Waals surface area contributed by atoms with Gasteiger partial charge in [0.15, 0.2) is 0 Å². The molecule has 0 aromatic carbocycles. The van der Waals surface area contributed by atoms with Crippen molar-refractivity contribution in [3.8, 4) is 0 Å². The van der Waals surface area contributed by atoms with Gasteiger partial charge in [0.1, 0.15) is 0 Å². The number of pyridine rings is 1. The van der Waals surface area contributed by atoms with Gasteiger partial charge in [-0.25, -0.2) is 4.98 Å². The lowest BCUT2D eigenvalue weighted by Crippen LogP contribution is -2.32. The maximum absolute atomic E-state index is 11.5. The van der Waals surface area contributed by atoms with Crippen LogP contribution in [0, 0.1) is 10.1 Å². The average molecular weight is 238 g/mol. The summed E-state index contributed by atoms with van der Waals surface area (Å²) >= 11 is 0. The topological polar surface area (TPSA) is 88.4 Å². The van der Waals surface area contributed by atoms with Crippen molar-refractivity contribution in [2.24, 2.45) is 0 Å². The van der Waals surface area contributed by atoms with Gasteiger partial charge in [0, 0.05) is 25.9 Å². The van der Waals surface area contributed by atoms with Crippen LogP contribution in [0.4, 0.5) is 11.5 Å². The molecule has 0 saturated heterocycles. The number of amides is 1. The van der Waals surface area contributed by atoms with Crippen LogP contribution in [0.15, 0.2) is 18.3 Å². The SMILES string of the molecule is CCN(C)C(=O)CNc1ncccc1[N+](=O)[O-]. The zero-order chi connectivity index (χ0) is 12.8. The van der Waals surface area contributed by atoms with Gasteiger partial charge in [-0.1, -0.05) is 0 Å². The predicted molar refractivity (Wildman–Crippen MR) is 62.7 cm³/mol. The number of nitrogens with one attached hydrogen (secondary N) is 1. The van der Waals surface area contributed by atoms with Gasteiger partial charge < -0.3 is 10.2 Å². The van der Waals surface area contributed by atoms with E-state index in [9.17, 15) is 14.9 Å². The number of likely N-dealkylation sites (N-methyl/N-ethyl adjacent to an activating group) is 1. The minimum Gasteiger partial charge on any atom is -0.355 e. The fourth-order valence-corrected chi connectivity index (χ4v) is 1.15. The number of aromatic nitrogens is 1. The van der Waals surface area contributed by atoms with Gasteiger partial charge in [-0.3, -0.25) is 14.9 Å². The first-order valence-electron chi connectivity index (χ1n) is 5.13. The number of hydrogen-bond acceptors (Lipinski definition) is 5. The van der Waals surface area contributed by atoms with Crippen molar-refractivity contribution < 1.29 is 9.72 Å². The van der Waals surface area contributed by atoms with Crippen molar-refractivity contribution >= 4 is 17.4 Å². The van der Waals surface area contributed by atoms with E-state index in [0.717, 1.165) is 0 Å². The van der Waals surface area contributed by atoms with Crippen LogP contribution in [-0.4, -0.2) is 40.9 Å². The van der Waals surface area contributed by atoms with Gasteiger partial charge in [0.2, 0.25) is 11.7 Å². The second-order valence-electron chi connectivity index (χ2n) is 3.39. The molecule has 0 atom stereocenters. The van der Waals surface area contributed by atoms with Crippen molar-refractivity contribution in [3.63, 3.8) is 0 Å². The van der Waals surface area contributed by atoms with E-state index in [-0.39, 0.29) is 24.0 Å². The lowest BCUT2D eigenvalue weighted by molar-refractivity contribution is -0.384. The lowest BCUT2D eigenvalue weighted by Gasteiger charge is -2.14. The second-order valence-corrected chi connectivity index (χ2v) is 3.39. The van der Waals surface area contributed by atoms with E-state index in [1.807, 2.05) is 6.92 Å². The highest BCUT2D eigenvalue weighted by Gasteiger charge is 2.15.